The Balaban J connectivity index is 1.73. The Kier molecular flexibility index (Phi) is 6.93. The number of benzene rings is 2. The van der Waals surface area contributed by atoms with Crippen molar-refractivity contribution in [3.63, 3.8) is 0 Å². The maximum Gasteiger partial charge on any atom is 0.417 e. The highest BCUT2D eigenvalue weighted by Gasteiger charge is 2.36. The average Bonchev–Trinajstić information content (AvgIpc) is 3.26. The lowest BCUT2D eigenvalue weighted by molar-refractivity contribution is -0.137. The van der Waals surface area contributed by atoms with Crippen molar-refractivity contribution in [1.82, 2.24) is 4.98 Å². The molecule has 0 radical (unpaired) electrons. The van der Waals surface area contributed by atoms with Crippen molar-refractivity contribution >= 4 is 17.0 Å². The van der Waals surface area contributed by atoms with Crippen LogP contribution in [0.1, 0.15) is 11.1 Å². The van der Waals surface area contributed by atoms with Crippen LogP contribution in [-0.2, 0) is 6.18 Å². The van der Waals surface area contributed by atoms with Crippen LogP contribution in [0.5, 0.6) is 5.75 Å². The molecule has 11 heteroatoms. The Morgan fingerprint density at radius 2 is 1.75 bits per heavy atom. The van der Waals surface area contributed by atoms with Gasteiger partial charge in [-0.2, -0.15) is 31.6 Å². The minimum atomic E-state index is -4.87. The van der Waals surface area contributed by atoms with Gasteiger partial charge in [-0.05, 0) is 42.5 Å². The highest BCUT2D eigenvalue weighted by Crippen LogP contribution is 2.35. The molecule has 2 aromatic carbocycles. The topological polar surface area (TPSA) is 49.2 Å². The molecule has 0 spiro atoms. The van der Waals surface area contributed by atoms with Gasteiger partial charge in [-0.25, -0.2) is 4.98 Å². The second kappa shape index (κ2) is 9.48. The van der Waals surface area contributed by atoms with E-state index in [1.54, 1.807) is 30.5 Å². The largest absolute Gasteiger partial charge is 0.492 e. The van der Waals surface area contributed by atoms with Crippen LogP contribution in [0.15, 0.2) is 54.0 Å². The molecular formula is C21H15F6N3OS. The Morgan fingerprint density at radius 3 is 2.31 bits per heavy atom. The van der Waals surface area contributed by atoms with Crippen LogP contribution in [0.3, 0.4) is 0 Å². The quantitative estimate of drug-likeness (QED) is 0.388. The number of halogens is 6. The maximum atomic E-state index is 13.2. The second-order valence-corrected chi connectivity index (χ2v) is 7.48. The van der Waals surface area contributed by atoms with Gasteiger partial charge in [-0.15, -0.1) is 11.3 Å². The molecule has 0 aliphatic heterocycles. The molecule has 168 valence electrons. The normalized spacial score (nSPS) is 11.8. The van der Waals surface area contributed by atoms with E-state index in [9.17, 15) is 26.3 Å². The van der Waals surface area contributed by atoms with E-state index in [-0.39, 0.29) is 18.8 Å². The molecule has 4 nitrogen and oxygen atoms in total. The first-order chi connectivity index (χ1) is 15.1. The summed E-state index contributed by atoms with van der Waals surface area (Å²) in [4.78, 5) is 4.91. The molecule has 0 N–H and O–H groups in total. The van der Waals surface area contributed by atoms with Crippen LogP contribution in [0.25, 0.3) is 10.6 Å². The SMILES string of the molecule is N#Cc1ccc(N(CCOc2ccc(-c3nccs3)cc2)CC(F)(F)F)cc1C(F)(F)F. The van der Waals surface area contributed by atoms with Crippen molar-refractivity contribution in [1.29, 1.82) is 5.26 Å². The average molecular weight is 471 g/mol. The Hall–Kier alpha value is -3.26. The zero-order chi connectivity index (χ0) is 23.4. The Bertz CT molecular complexity index is 1070. The van der Waals surface area contributed by atoms with Crippen LogP contribution < -0.4 is 9.64 Å². The summed E-state index contributed by atoms with van der Waals surface area (Å²) < 4.78 is 84.2. The minimum absolute atomic E-state index is 0.200. The van der Waals surface area contributed by atoms with Crippen molar-refractivity contribution in [3.05, 3.63) is 65.2 Å². The molecule has 0 bridgehead atoms. The van der Waals surface area contributed by atoms with Crippen LogP contribution in [-0.4, -0.2) is 30.9 Å². The van der Waals surface area contributed by atoms with E-state index >= 15 is 0 Å². The summed E-state index contributed by atoms with van der Waals surface area (Å²) in [6, 6.07) is 10.6. The number of hydrogen-bond acceptors (Lipinski definition) is 5. The molecule has 32 heavy (non-hydrogen) atoms. The van der Waals surface area contributed by atoms with E-state index in [0.29, 0.717) is 11.8 Å². The van der Waals surface area contributed by atoms with Gasteiger partial charge in [0.15, 0.2) is 0 Å². The summed E-state index contributed by atoms with van der Waals surface area (Å²) in [5, 5.41) is 11.5. The van der Waals surface area contributed by atoms with Gasteiger partial charge >= 0.3 is 12.4 Å². The molecule has 1 heterocycles. The van der Waals surface area contributed by atoms with E-state index in [0.717, 1.165) is 27.6 Å². The number of thiazole rings is 1. The highest BCUT2D eigenvalue weighted by molar-refractivity contribution is 7.13. The van der Waals surface area contributed by atoms with Crippen LogP contribution >= 0.6 is 11.3 Å². The highest BCUT2D eigenvalue weighted by atomic mass is 32.1. The van der Waals surface area contributed by atoms with Crippen molar-refractivity contribution in [2.75, 3.05) is 24.6 Å². The lowest BCUT2D eigenvalue weighted by Gasteiger charge is -2.27. The summed E-state index contributed by atoms with van der Waals surface area (Å²) in [6.07, 6.45) is -7.87. The summed E-state index contributed by atoms with van der Waals surface area (Å²) in [5.74, 6) is 0.396. The number of nitriles is 1. The third kappa shape index (κ3) is 6.13. The van der Waals surface area contributed by atoms with Gasteiger partial charge in [-0.3, -0.25) is 0 Å². The zero-order valence-corrected chi connectivity index (χ0v) is 17.1. The molecule has 3 aromatic rings. The number of nitrogens with zero attached hydrogens (tertiary/aromatic N) is 3. The second-order valence-electron chi connectivity index (χ2n) is 6.59. The lowest BCUT2D eigenvalue weighted by Crippen LogP contribution is -2.37. The van der Waals surface area contributed by atoms with Crippen LogP contribution in [0.4, 0.5) is 32.0 Å². The summed E-state index contributed by atoms with van der Waals surface area (Å²) in [5.41, 5.74) is -1.41. The third-order valence-corrected chi connectivity index (χ3v) is 5.15. The van der Waals surface area contributed by atoms with Gasteiger partial charge in [0.2, 0.25) is 0 Å². The van der Waals surface area contributed by atoms with E-state index in [4.69, 9.17) is 10.00 Å². The van der Waals surface area contributed by atoms with E-state index in [2.05, 4.69) is 4.98 Å². The first kappa shape index (κ1) is 23.4. The molecular weight excluding hydrogens is 456 g/mol. The summed E-state index contributed by atoms with van der Waals surface area (Å²) in [7, 11) is 0. The number of rotatable bonds is 7. The fourth-order valence-corrected chi connectivity index (χ4v) is 3.55. The first-order valence-corrected chi connectivity index (χ1v) is 10.0. The number of alkyl halides is 6. The lowest BCUT2D eigenvalue weighted by atomic mass is 10.1. The van der Waals surface area contributed by atoms with Crippen LogP contribution in [0.2, 0.25) is 0 Å². The van der Waals surface area contributed by atoms with Gasteiger partial charge in [0, 0.05) is 22.8 Å². The molecule has 0 saturated carbocycles. The fraction of sp³-hybridized carbons (Fsp3) is 0.238. The predicted molar refractivity (Wildman–Crippen MR) is 107 cm³/mol. The smallest absolute Gasteiger partial charge is 0.417 e. The Labute approximate surface area is 183 Å². The van der Waals surface area contributed by atoms with Crippen molar-refractivity contribution in [3.8, 4) is 22.4 Å². The van der Waals surface area contributed by atoms with Crippen LogP contribution in [0, 0.1) is 11.3 Å². The van der Waals surface area contributed by atoms with E-state index in [1.807, 2.05) is 5.38 Å². The molecule has 0 amide bonds. The van der Waals surface area contributed by atoms with Gasteiger partial charge < -0.3 is 9.64 Å². The third-order valence-electron chi connectivity index (χ3n) is 4.33. The fourth-order valence-electron chi connectivity index (χ4n) is 2.91. The molecule has 0 saturated heterocycles. The maximum absolute atomic E-state index is 13.2. The standard InChI is InChI=1S/C21H15F6N3OS/c22-20(23,24)13-30(16-4-1-15(12-28)18(11-16)21(25,26)27)8-9-31-17-5-2-14(3-6-17)19-29-7-10-32-19/h1-7,10-11H,8-9,13H2. The van der Waals surface area contributed by atoms with E-state index < -0.39 is 30.0 Å². The number of ether oxygens (including phenoxy) is 1. The predicted octanol–water partition coefficient (Wildman–Crippen LogP) is 6.15. The molecule has 0 fully saturated rings. The van der Waals surface area contributed by atoms with Crippen molar-refractivity contribution in [2.24, 2.45) is 0 Å². The minimum Gasteiger partial charge on any atom is -0.492 e. The summed E-state index contributed by atoms with van der Waals surface area (Å²) >= 11 is 1.45. The van der Waals surface area contributed by atoms with Gasteiger partial charge in [0.1, 0.15) is 23.9 Å². The first-order valence-electron chi connectivity index (χ1n) is 9.12. The van der Waals surface area contributed by atoms with Gasteiger partial charge in [-0.1, -0.05) is 0 Å². The molecule has 1 aromatic heterocycles. The Morgan fingerprint density at radius 1 is 1.03 bits per heavy atom. The number of hydrogen-bond donors (Lipinski definition) is 0. The van der Waals surface area contributed by atoms with Gasteiger partial charge in [0.05, 0.1) is 23.7 Å². The van der Waals surface area contributed by atoms with Gasteiger partial charge in [0.25, 0.3) is 0 Å². The monoisotopic (exact) mass is 471 g/mol. The molecule has 0 unspecified atom stereocenters. The molecule has 0 aliphatic rings. The molecule has 3 rings (SSSR count). The summed E-state index contributed by atoms with van der Waals surface area (Å²) in [6.45, 7) is -1.99. The molecule has 0 aliphatic carbocycles. The molecule has 0 atom stereocenters. The van der Waals surface area contributed by atoms with Crippen molar-refractivity contribution < 1.29 is 31.1 Å². The van der Waals surface area contributed by atoms with E-state index in [1.165, 1.54) is 17.4 Å². The number of aromatic nitrogens is 1. The number of anilines is 1. The van der Waals surface area contributed by atoms with Crippen molar-refractivity contribution in [2.45, 2.75) is 12.4 Å². The zero-order valence-electron chi connectivity index (χ0n) is 16.2.